The third-order valence-electron chi connectivity index (χ3n) is 28.9. The van der Waals surface area contributed by atoms with Crippen LogP contribution < -0.4 is 48.5 Å². The van der Waals surface area contributed by atoms with Gasteiger partial charge in [-0.3, -0.25) is 28.5 Å². The molecule has 0 bridgehead atoms. The minimum atomic E-state index is -4.14. The molecular formula is C113H153IN8O11S3+2. The van der Waals surface area contributed by atoms with Crippen molar-refractivity contribution >= 4 is 97.9 Å². The highest BCUT2D eigenvalue weighted by Gasteiger charge is 2.48. The molecular weight excluding hydrogens is 1870 g/mol. The Labute approximate surface area is 831 Å². The summed E-state index contributed by atoms with van der Waals surface area (Å²) in [7, 11) is -9.34. The number of unbranched alkanes of at least 4 members (excludes halogenated alkanes) is 10. The van der Waals surface area contributed by atoms with Crippen LogP contribution in [0.3, 0.4) is 0 Å². The molecule has 4 N–H and O–H groups in total. The Bertz CT molecular complexity index is 5920. The lowest BCUT2D eigenvalue weighted by atomic mass is 9.81. The van der Waals surface area contributed by atoms with Crippen molar-refractivity contribution in [1.29, 1.82) is 0 Å². The number of para-hydroxylation sites is 2. The van der Waals surface area contributed by atoms with Gasteiger partial charge >= 0.3 is 6.03 Å². The maximum absolute atomic E-state index is 14.8. The lowest BCUT2D eigenvalue weighted by molar-refractivity contribution is -0.894. The van der Waals surface area contributed by atoms with Gasteiger partial charge in [-0.25, -0.2) is 13.2 Å². The number of halogens is 1. The predicted octanol–water partition coefficient (Wildman–Crippen LogP) is 18.9. The molecule has 5 heterocycles. The summed E-state index contributed by atoms with van der Waals surface area (Å²) in [5, 5.41) is 4.19. The minimum Gasteiger partial charge on any atom is -1.00 e. The van der Waals surface area contributed by atoms with Crippen molar-refractivity contribution in [3.8, 4) is 0 Å². The molecule has 7 aliphatic rings. The fourth-order valence-corrected chi connectivity index (χ4v) is 23.8. The summed E-state index contributed by atoms with van der Waals surface area (Å²) in [6, 6.07) is 50.6. The average molecular weight is 2020 g/mol. The number of anilines is 3. The van der Waals surface area contributed by atoms with E-state index in [4.69, 9.17) is 0 Å². The molecule has 2 fully saturated rings. The highest BCUT2D eigenvalue weighted by Crippen LogP contribution is 2.55. The van der Waals surface area contributed by atoms with E-state index in [9.17, 15) is 48.7 Å². The topological polar surface area (TPSA) is 222 Å². The lowest BCUT2D eigenvalue weighted by Gasteiger charge is -2.30. The second kappa shape index (κ2) is 48.1. The Kier molecular flexibility index (Phi) is 38.5. The second-order valence-corrected chi connectivity index (χ2v) is 44.2. The van der Waals surface area contributed by atoms with Crippen LogP contribution in [0.2, 0.25) is 0 Å². The average Bonchev–Trinajstić information content (AvgIpc) is 1.56. The van der Waals surface area contributed by atoms with Gasteiger partial charge in [0.25, 0.3) is 32.1 Å². The molecule has 1 saturated heterocycles. The van der Waals surface area contributed by atoms with E-state index in [1.165, 1.54) is 139 Å². The van der Waals surface area contributed by atoms with Crippen molar-refractivity contribution < 1.29 is 87.1 Å². The van der Waals surface area contributed by atoms with Crippen molar-refractivity contribution in [3.63, 3.8) is 0 Å². The third-order valence-corrected chi connectivity index (χ3v) is 32.5. The molecule has 0 atom stereocenters. The molecule has 4 amide bonds. The van der Waals surface area contributed by atoms with Crippen LogP contribution in [0.25, 0.3) is 21.5 Å². The minimum absolute atomic E-state index is 0. The van der Waals surface area contributed by atoms with E-state index >= 15 is 0 Å². The van der Waals surface area contributed by atoms with Crippen molar-refractivity contribution in [2.75, 3.05) is 106 Å². The van der Waals surface area contributed by atoms with Gasteiger partial charge in [-0.1, -0.05) is 252 Å². The van der Waals surface area contributed by atoms with Gasteiger partial charge in [-0.15, -0.1) is 0 Å². The summed E-state index contributed by atoms with van der Waals surface area (Å²) in [4.78, 5) is 54.4. The summed E-state index contributed by atoms with van der Waals surface area (Å²) in [6.45, 7) is 46.2. The summed E-state index contributed by atoms with van der Waals surface area (Å²) >= 11 is 0. The quantitative estimate of drug-likeness (QED) is 0.00725. The number of carbonyl (C=O) groups excluding carboxylic acids is 3. The number of carbonyl (C=O) groups is 3. The maximum atomic E-state index is 14.8. The fourth-order valence-electron chi connectivity index (χ4n) is 20.9. The first-order valence-corrected chi connectivity index (χ1v) is 54.6. The first-order valence-electron chi connectivity index (χ1n) is 49.9. The number of hydrogen-bond donors (Lipinski definition) is 4. The van der Waals surface area contributed by atoms with Crippen molar-refractivity contribution in [3.05, 3.63) is 278 Å². The number of urea groups is 1. The van der Waals surface area contributed by atoms with E-state index in [0.717, 1.165) is 133 Å². The van der Waals surface area contributed by atoms with E-state index in [-0.39, 0.29) is 64.7 Å². The van der Waals surface area contributed by atoms with Crippen LogP contribution in [0.1, 0.15) is 255 Å². The molecule has 1 saturated carbocycles. The monoisotopic (exact) mass is 2020 g/mol. The van der Waals surface area contributed by atoms with Crippen molar-refractivity contribution in [2.45, 2.75) is 259 Å². The maximum Gasteiger partial charge on any atom is 0.333 e. The number of benzene rings is 7. The number of imide groups is 2. The predicted molar refractivity (Wildman–Crippen MR) is 558 cm³/mol. The zero-order valence-electron chi connectivity index (χ0n) is 84.3. The largest absolute Gasteiger partial charge is 1.00 e. The molecule has 7 aromatic carbocycles. The summed E-state index contributed by atoms with van der Waals surface area (Å²) in [5.74, 6) is -2.09. The Balaban J connectivity index is 0.000000247. The number of rotatable bonds is 35. The molecule has 2 aliphatic carbocycles. The molecule has 136 heavy (non-hydrogen) atoms. The molecule has 0 unspecified atom stereocenters. The van der Waals surface area contributed by atoms with Gasteiger partial charge in [0, 0.05) is 108 Å². The summed E-state index contributed by atoms with van der Waals surface area (Å²) < 4.78 is 97.8. The first-order chi connectivity index (χ1) is 64.3. The highest BCUT2D eigenvalue weighted by molar-refractivity contribution is 7.95. The second-order valence-electron chi connectivity index (χ2n) is 39.2. The standard InChI is InChI=1S/C51H56N4O9S2.C50H65N2O2S.2C6H15N.HI/c1-50(2)39-25-21-33-15-7-9-17-37(33)45(39)54(29-11-13-31-65(59,60)61)41(50)27-23-35-19-20-36(43(35)44-47(56)52(5)49(58)53(6)48(44)57)24-28-42-51(3,4)40-26-22-34-16-8-10-18-38(34)46(40)55(42)30-12-14-32-66(62,63)64;1-7-9-11-13-22-37-51-44-31-20-18-29-42(44)49(3,4)46(51)35-33-39-25-24-26-40(48(39)55(53,54)41-27-16-15-17-28-41)34-36-47-50(5,6)43-30-19-21-32-45(43)52(47)38-23-14-12-10-8-2;2*1-4-7(5-2)6-3;/h7-10,15-18,21-28H,11-14,19-20,29-32H2,1-6H3,(H,59,60,61)(H,62,63,64);15-21,27-36H,7-14,22-26,37-38H2,1-6H3;2*4-6H2,1-3H3;1H/q;+1;;;/p+1. The smallest absolute Gasteiger partial charge is 0.333 e. The van der Waals surface area contributed by atoms with Gasteiger partial charge in [0.2, 0.25) is 15.5 Å². The molecule has 19 nitrogen and oxygen atoms in total. The number of nitrogens with zero attached hydrogens (tertiary/aromatic N) is 6. The van der Waals surface area contributed by atoms with Gasteiger partial charge in [-0.2, -0.15) is 21.4 Å². The van der Waals surface area contributed by atoms with Crippen LogP contribution in [-0.2, 0) is 61.3 Å². The van der Waals surface area contributed by atoms with Crippen molar-refractivity contribution in [1.82, 2.24) is 9.80 Å². The van der Waals surface area contributed by atoms with Gasteiger partial charge in [-0.05, 0) is 218 Å². The molecule has 23 heteroatoms. The molecule has 5 aliphatic heterocycles. The SMILES string of the molecule is CCCCCCCN1C(=CC=C2CCCC(C=CC3=[N+](CCCCCCC)c4ccccc4C3(C)C)=C2S(=O)(=O)c2ccccc2)C(C)(C)c2ccccc21.CC[NH+](CC)CC.CC[NH+](CC)CC.CN1C(=O)C(=C2C(=CC=C3N(CCCCS(=O)(=O)O)c4c(ccc5ccccc45)C3(C)C)CCC2=CC=C2N(CCCCS(=O)(=O)O)c3c(ccc4ccccc34)C2(C)C)C(=O)N(C)C1=O.[I-]. The van der Waals surface area contributed by atoms with Crippen molar-refractivity contribution in [2.24, 2.45) is 0 Å². The number of fused-ring (bicyclic) bond motifs is 8. The lowest BCUT2D eigenvalue weighted by Crippen LogP contribution is -3.11. The zero-order valence-corrected chi connectivity index (χ0v) is 88.9. The van der Waals surface area contributed by atoms with Crippen LogP contribution in [0.4, 0.5) is 27.5 Å². The Morgan fingerprint density at radius 2 is 0.809 bits per heavy atom. The fraction of sp³-hybridized carbons (Fsp3) is 0.469. The number of sulfone groups is 1. The van der Waals surface area contributed by atoms with Gasteiger partial charge in [0.15, 0.2) is 5.71 Å². The van der Waals surface area contributed by atoms with E-state index in [0.29, 0.717) is 54.1 Å². The van der Waals surface area contributed by atoms with Gasteiger partial charge < -0.3 is 48.5 Å². The Morgan fingerprint density at radius 3 is 1.29 bits per heavy atom. The normalized spacial score (nSPS) is 19.0. The van der Waals surface area contributed by atoms with Crippen LogP contribution >= 0.6 is 0 Å². The molecule has 0 aromatic heterocycles. The number of barbiturate groups is 1. The van der Waals surface area contributed by atoms with Gasteiger partial charge in [0.1, 0.15) is 12.1 Å². The summed E-state index contributed by atoms with van der Waals surface area (Å²) in [6.07, 6.45) is 33.9. The zero-order chi connectivity index (χ0) is 98.0. The Morgan fingerprint density at radius 1 is 0.397 bits per heavy atom. The van der Waals surface area contributed by atoms with E-state index in [1.807, 2.05) is 66.8 Å². The Hall–Kier alpha value is -9.18. The number of nitrogens with one attached hydrogen (secondary N) is 2. The molecule has 7 aromatic rings. The number of hydrogen-bond acceptors (Lipinski definition) is 12. The van der Waals surface area contributed by atoms with Crippen LogP contribution in [0, 0.1) is 0 Å². The number of likely N-dealkylation sites (N-methyl/N-ethyl adjacent to an activating group) is 2. The molecule has 0 spiro atoms. The van der Waals surface area contributed by atoms with Crippen LogP contribution in [0.15, 0.2) is 261 Å². The van der Waals surface area contributed by atoms with Crippen LogP contribution in [-0.4, -0.2) is 163 Å². The van der Waals surface area contributed by atoms with E-state index in [2.05, 4.69) is 251 Å². The van der Waals surface area contributed by atoms with E-state index in [1.54, 1.807) is 21.9 Å². The highest BCUT2D eigenvalue weighted by atomic mass is 127. The number of quaternary nitrogens is 2. The molecule has 0 radical (unpaired) electrons. The van der Waals surface area contributed by atoms with Gasteiger partial charge in [0.05, 0.1) is 77.4 Å². The first kappa shape index (κ1) is 109. The van der Waals surface area contributed by atoms with E-state index < -0.39 is 58.7 Å². The summed E-state index contributed by atoms with van der Waals surface area (Å²) in [5.41, 5.74) is 16.0. The third kappa shape index (κ3) is 24.8. The number of amides is 4. The van der Waals surface area contributed by atoms with Crippen LogP contribution in [0.5, 0.6) is 0 Å². The molecule has 734 valence electrons. The number of allylic oxidation sites excluding steroid dienone is 16. The molecule has 14 rings (SSSR count).